The number of benzene rings is 2. The van der Waals surface area contributed by atoms with Gasteiger partial charge < -0.3 is 15.6 Å². The molecule has 2 aromatic rings. The zero-order chi connectivity index (χ0) is 19.8. The summed E-state index contributed by atoms with van der Waals surface area (Å²) in [5.41, 5.74) is 13.1. The minimum Gasteiger partial charge on any atom is -0.396 e. The molecule has 0 saturated heterocycles. The monoisotopic (exact) mass is 381 g/mol. The third-order valence-corrected chi connectivity index (χ3v) is 6.14. The predicted molar refractivity (Wildman–Crippen MR) is 116 cm³/mol. The predicted octanol–water partition coefficient (Wildman–Crippen LogP) is 4.39. The van der Waals surface area contributed by atoms with E-state index in [2.05, 4.69) is 42.5 Å². The Morgan fingerprint density at radius 1 is 1.07 bits per heavy atom. The molecule has 2 aromatic carbocycles. The van der Waals surface area contributed by atoms with Gasteiger partial charge >= 0.3 is 0 Å². The van der Waals surface area contributed by atoms with Gasteiger partial charge in [0.1, 0.15) is 0 Å². The van der Waals surface area contributed by atoms with Crippen LogP contribution in [-0.4, -0.2) is 25.4 Å². The lowest BCUT2D eigenvalue weighted by Gasteiger charge is -2.26. The summed E-state index contributed by atoms with van der Waals surface area (Å²) in [6.45, 7) is 1.65. The first-order chi connectivity index (χ1) is 13.7. The van der Waals surface area contributed by atoms with Crippen LogP contribution in [0.1, 0.15) is 59.4 Å². The third kappa shape index (κ3) is 5.66. The number of aryl methyl sites for hydroxylation is 1. The lowest BCUT2D eigenvalue weighted by Crippen LogP contribution is -2.18. The summed E-state index contributed by atoms with van der Waals surface area (Å²) in [7, 11) is 1.74. The molecule has 28 heavy (non-hydrogen) atoms. The smallest absolute Gasteiger partial charge is 0.0713 e. The summed E-state index contributed by atoms with van der Waals surface area (Å²) >= 11 is 0. The largest absolute Gasteiger partial charge is 0.396 e. The SMILES string of the molecule is COCc1ccc(C[C@@H]2CCc3cc([C@H](CN)CCCCO)ccc3C2)cc1. The van der Waals surface area contributed by atoms with E-state index in [0.29, 0.717) is 19.1 Å². The van der Waals surface area contributed by atoms with E-state index < -0.39 is 0 Å². The average molecular weight is 382 g/mol. The molecule has 0 aliphatic heterocycles. The van der Waals surface area contributed by atoms with E-state index in [1.54, 1.807) is 7.11 Å². The Balaban J connectivity index is 1.60. The van der Waals surface area contributed by atoms with Gasteiger partial charge in [0.2, 0.25) is 0 Å². The van der Waals surface area contributed by atoms with Crippen LogP contribution in [0.3, 0.4) is 0 Å². The zero-order valence-electron chi connectivity index (χ0n) is 17.2. The molecule has 0 heterocycles. The second-order valence-electron chi connectivity index (χ2n) is 8.24. The Kier molecular flexibility index (Phi) is 8.08. The topological polar surface area (TPSA) is 55.5 Å². The van der Waals surface area contributed by atoms with Crippen molar-refractivity contribution < 1.29 is 9.84 Å². The van der Waals surface area contributed by atoms with Gasteiger partial charge in [-0.2, -0.15) is 0 Å². The highest BCUT2D eigenvalue weighted by atomic mass is 16.5. The number of methoxy groups -OCH3 is 1. The van der Waals surface area contributed by atoms with E-state index in [9.17, 15) is 0 Å². The van der Waals surface area contributed by atoms with Crippen LogP contribution in [-0.2, 0) is 30.6 Å². The zero-order valence-corrected chi connectivity index (χ0v) is 17.2. The van der Waals surface area contributed by atoms with Crippen LogP contribution in [0.4, 0.5) is 0 Å². The molecule has 0 unspecified atom stereocenters. The van der Waals surface area contributed by atoms with Crippen LogP contribution >= 0.6 is 0 Å². The normalized spacial score (nSPS) is 17.3. The summed E-state index contributed by atoms with van der Waals surface area (Å²) < 4.78 is 5.20. The fraction of sp³-hybridized carbons (Fsp3) is 0.520. The first-order valence-electron chi connectivity index (χ1n) is 10.7. The van der Waals surface area contributed by atoms with Gasteiger partial charge in [-0.15, -0.1) is 0 Å². The maximum Gasteiger partial charge on any atom is 0.0713 e. The van der Waals surface area contributed by atoms with E-state index in [4.69, 9.17) is 15.6 Å². The molecule has 1 aliphatic rings. The van der Waals surface area contributed by atoms with E-state index >= 15 is 0 Å². The highest BCUT2D eigenvalue weighted by Gasteiger charge is 2.20. The Labute approximate surface area is 169 Å². The third-order valence-electron chi connectivity index (χ3n) is 6.14. The summed E-state index contributed by atoms with van der Waals surface area (Å²) in [6.07, 6.45) is 7.74. The second kappa shape index (κ2) is 10.8. The first kappa shape index (κ1) is 21.0. The molecule has 1 aliphatic carbocycles. The second-order valence-corrected chi connectivity index (χ2v) is 8.24. The molecule has 0 radical (unpaired) electrons. The van der Waals surface area contributed by atoms with E-state index in [1.165, 1.54) is 47.1 Å². The number of hydrogen-bond acceptors (Lipinski definition) is 3. The van der Waals surface area contributed by atoms with Crippen LogP contribution < -0.4 is 5.73 Å². The molecule has 0 spiro atoms. The van der Waals surface area contributed by atoms with E-state index in [1.807, 2.05) is 0 Å². The molecular weight excluding hydrogens is 346 g/mol. The van der Waals surface area contributed by atoms with Gasteiger partial charge in [0, 0.05) is 13.7 Å². The van der Waals surface area contributed by atoms with Gasteiger partial charge in [-0.3, -0.25) is 0 Å². The van der Waals surface area contributed by atoms with Crippen molar-refractivity contribution >= 4 is 0 Å². The van der Waals surface area contributed by atoms with Crippen LogP contribution in [0.5, 0.6) is 0 Å². The highest BCUT2D eigenvalue weighted by molar-refractivity contribution is 5.36. The maximum absolute atomic E-state index is 9.01. The lowest BCUT2D eigenvalue weighted by atomic mass is 9.79. The Bertz CT molecular complexity index is 726. The fourth-order valence-electron chi connectivity index (χ4n) is 4.47. The van der Waals surface area contributed by atoms with Gasteiger partial charge in [-0.25, -0.2) is 0 Å². The van der Waals surface area contributed by atoms with Gasteiger partial charge in [0.25, 0.3) is 0 Å². The first-order valence-corrected chi connectivity index (χ1v) is 10.7. The maximum atomic E-state index is 9.01. The van der Waals surface area contributed by atoms with Gasteiger partial charge in [-0.1, -0.05) is 48.9 Å². The summed E-state index contributed by atoms with van der Waals surface area (Å²) in [5.74, 6) is 1.14. The molecule has 0 amide bonds. The van der Waals surface area contributed by atoms with Gasteiger partial charge in [0.05, 0.1) is 6.61 Å². The Morgan fingerprint density at radius 3 is 2.57 bits per heavy atom. The molecule has 0 fully saturated rings. The van der Waals surface area contributed by atoms with Gasteiger partial charge in [0.15, 0.2) is 0 Å². The molecule has 3 rings (SSSR count). The summed E-state index contributed by atoms with van der Waals surface area (Å²) in [6, 6.07) is 15.9. The van der Waals surface area contributed by atoms with Crippen molar-refractivity contribution in [1.29, 1.82) is 0 Å². The van der Waals surface area contributed by atoms with Crippen molar-refractivity contribution in [2.75, 3.05) is 20.3 Å². The molecule has 3 nitrogen and oxygen atoms in total. The van der Waals surface area contributed by atoms with Crippen molar-refractivity contribution in [3.8, 4) is 0 Å². The molecule has 0 aromatic heterocycles. The molecule has 0 bridgehead atoms. The van der Waals surface area contributed by atoms with Crippen molar-refractivity contribution in [2.45, 2.75) is 57.5 Å². The van der Waals surface area contributed by atoms with Crippen LogP contribution in [0.15, 0.2) is 42.5 Å². The Morgan fingerprint density at radius 2 is 1.86 bits per heavy atom. The van der Waals surface area contributed by atoms with Gasteiger partial charge in [-0.05, 0) is 84.7 Å². The number of hydrogen-bond donors (Lipinski definition) is 2. The number of fused-ring (bicyclic) bond motifs is 1. The van der Waals surface area contributed by atoms with E-state index in [-0.39, 0.29) is 6.61 Å². The van der Waals surface area contributed by atoms with E-state index in [0.717, 1.165) is 31.6 Å². The van der Waals surface area contributed by atoms with Crippen molar-refractivity contribution in [3.05, 3.63) is 70.3 Å². The Hall–Kier alpha value is -1.68. The molecule has 152 valence electrons. The highest BCUT2D eigenvalue weighted by Crippen LogP contribution is 2.31. The average Bonchev–Trinajstić information content (AvgIpc) is 2.73. The molecule has 3 heteroatoms. The number of unbranched alkanes of at least 4 members (excludes halogenated alkanes) is 1. The van der Waals surface area contributed by atoms with Crippen molar-refractivity contribution in [1.82, 2.24) is 0 Å². The van der Waals surface area contributed by atoms with Crippen LogP contribution in [0, 0.1) is 5.92 Å². The summed E-state index contributed by atoms with van der Waals surface area (Å²) in [5, 5.41) is 9.01. The van der Waals surface area contributed by atoms with Crippen LogP contribution in [0.25, 0.3) is 0 Å². The number of rotatable bonds is 10. The number of aliphatic hydroxyl groups excluding tert-OH is 1. The number of ether oxygens (including phenoxy) is 1. The van der Waals surface area contributed by atoms with Crippen molar-refractivity contribution in [3.63, 3.8) is 0 Å². The minimum atomic E-state index is 0.276. The van der Waals surface area contributed by atoms with Crippen LogP contribution in [0.2, 0.25) is 0 Å². The molecule has 3 N–H and O–H groups in total. The quantitative estimate of drug-likeness (QED) is 0.600. The molecular formula is C25H35NO2. The minimum absolute atomic E-state index is 0.276. The number of aliphatic hydroxyl groups is 1. The fourth-order valence-corrected chi connectivity index (χ4v) is 4.47. The lowest BCUT2D eigenvalue weighted by molar-refractivity contribution is 0.185. The van der Waals surface area contributed by atoms with Crippen molar-refractivity contribution in [2.24, 2.45) is 11.7 Å². The molecule has 0 saturated carbocycles. The summed E-state index contributed by atoms with van der Waals surface area (Å²) in [4.78, 5) is 0. The standard InChI is InChI=1S/C25H35NO2/c1-28-18-20-7-5-19(6-8-20)14-21-9-10-23-16-24(12-11-22(23)15-21)25(17-26)4-2-3-13-27/h5-8,11-12,16,21,25,27H,2-4,9-10,13-15,17-18,26H2,1H3/t21-,25-/m0/s1. The molecule has 2 atom stereocenters. The number of nitrogens with two attached hydrogens (primary N) is 1.